The summed E-state index contributed by atoms with van der Waals surface area (Å²) in [7, 11) is 0. The van der Waals surface area contributed by atoms with Gasteiger partial charge in [0.25, 0.3) is 0 Å². The fourth-order valence-corrected chi connectivity index (χ4v) is 2.52. The second-order valence-corrected chi connectivity index (χ2v) is 5.12. The van der Waals surface area contributed by atoms with Crippen molar-refractivity contribution in [1.82, 2.24) is 0 Å². The minimum Gasteiger partial charge on any atom is -0.479 e. The van der Waals surface area contributed by atoms with Gasteiger partial charge in [-0.2, -0.15) is 0 Å². The molecule has 0 saturated heterocycles. The van der Waals surface area contributed by atoms with Crippen LogP contribution in [-0.4, -0.2) is 23.3 Å². The van der Waals surface area contributed by atoms with Gasteiger partial charge in [-0.1, -0.05) is 39.0 Å². The lowest BCUT2D eigenvalue weighted by Crippen LogP contribution is -2.43. The fraction of sp³-hybridized carbons (Fsp3) is 0.929. The molecule has 0 unspecified atom stereocenters. The van der Waals surface area contributed by atoms with E-state index in [2.05, 4.69) is 6.92 Å². The highest BCUT2D eigenvalue weighted by Crippen LogP contribution is 2.32. The Labute approximate surface area is 105 Å². The van der Waals surface area contributed by atoms with Crippen LogP contribution >= 0.6 is 0 Å². The van der Waals surface area contributed by atoms with Gasteiger partial charge in [0.05, 0.1) is 0 Å². The maximum Gasteiger partial charge on any atom is 0.335 e. The first-order valence-electron chi connectivity index (χ1n) is 7.08. The molecular weight excluding hydrogens is 216 g/mol. The van der Waals surface area contributed by atoms with Crippen LogP contribution < -0.4 is 0 Å². The normalized spacial score (nSPS) is 19.1. The van der Waals surface area contributed by atoms with Crippen molar-refractivity contribution in [2.45, 2.75) is 76.7 Å². The topological polar surface area (TPSA) is 46.5 Å². The molecule has 3 nitrogen and oxygen atoms in total. The van der Waals surface area contributed by atoms with Gasteiger partial charge in [-0.05, 0) is 32.1 Å². The molecule has 0 radical (unpaired) electrons. The zero-order valence-electron chi connectivity index (χ0n) is 11.0. The van der Waals surface area contributed by atoms with Gasteiger partial charge in [-0.25, -0.2) is 4.79 Å². The van der Waals surface area contributed by atoms with Crippen LogP contribution in [-0.2, 0) is 9.53 Å². The predicted octanol–water partition coefficient (Wildman–Crippen LogP) is 3.76. The predicted molar refractivity (Wildman–Crippen MR) is 68.2 cm³/mol. The van der Waals surface area contributed by atoms with E-state index in [1.54, 1.807) is 0 Å². The Morgan fingerprint density at radius 2 is 1.76 bits per heavy atom. The number of rotatable bonds is 8. The number of ether oxygens (including phenoxy) is 1. The largest absolute Gasteiger partial charge is 0.479 e. The molecule has 0 aromatic carbocycles. The standard InChI is InChI=1S/C14H26O3/c1-2-3-4-5-9-12-17-14(13(15)16)10-7-6-8-11-14/h2-12H2,1H3,(H,15,16). The zero-order chi connectivity index (χ0) is 12.6. The number of carboxylic acid groups (broad SMARTS) is 1. The summed E-state index contributed by atoms with van der Waals surface area (Å²) in [6, 6.07) is 0. The van der Waals surface area contributed by atoms with Crippen molar-refractivity contribution in [1.29, 1.82) is 0 Å². The van der Waals surface area contributed by atoms with E-state index in [1.807, 2.05) is 0 Å². The minimum atomic E-state index is -0.858. The lowest BCUT2D eigenvalue weighted by Gasteiger charge is -2.33. The lowest BCUT2D eigenvalue weighted by atomic mass is 9.84. The molecule has 1 fully saturated rings. The summed E-state index contributed by atoms with van der Waals surface area (Å²) < 4.78 is 5.71. The zero-order valence-corrected chi connectivity index (χ0v) is 11.0. The number of carbonyl (C=O) groups is 1. The first-order valence-corrected chi connectivity index (χ1v) is 7.08. The van der Waals surface area contributed by atoms with Crippen molar-refractivity contribution in [3.63, 3.8) is 0 Å². The van der Waals surface area contributed by atoms with Crippen molar-refractivity contribution < 1.29 is 14.6 Å². The molecule has 0 spiro atoms. The number of aliphatic carboxylic acids is 1. The van der Waals surface area contributed by atoms with Crippen molar-refractivity contribution >= 4 is 5.97 Å². The van der Waals surface area contributed by atoms with Gasteiger partial charge >= 0.3 is 5.97 Å². The molecule has 0 aromatic rings. The van der Waals surface area contributed by atoms with Crippen LogP contribution in [0, 0.1) is 0 Å². The molecule has 1 N–H and O–H groups in total. The first kappa shape index (κ1) is 14.5. The summed E-state index contributed by atoms with van der Waals surface area (Å²) in [5.74, 6) is -0.759. The average molecular weight is 242 g/mol. The molecule has 1 aliphatic carbocycles. The number of carboxylic acids is 1. The summed E-state index contributed by atoms with van der Waals surface area (Å²) in [5, 5.41) is 9.30. The van der Waals surface area contributed by atoms with Gasteiger partial charge < -0.3 is 9.84 Å². The van der Waals surface area contributed by atoms with Crippen molar-refractivity contribution in [3.05, 3.63) is 0 Å². The van der Waals surface area contributed by atoms with Gasteiger partial charge in [0.2, 0.25) is 0 Å². The molecule has 0 bridgehead atoms. The molecule has 100 valence electrons. The molecule has 1 saturated carbocycles. The summed E-state index contributed by atoms with van der Waals surface area (Å²) >= 11 is 0. The van der Waals surface area contributed by atoms with E-state index >= 15 is 0 Å². The van der Waals surface area contributed by atoms with E-state index in [0.29, 0.717) is 19.4 Å². The molecule has 1 rings (SSSR count). The Morgan fingerprint density at radius 3 is 2.35 bits per heavy atom. The van der Waals surface area contributed by atoms with E-state index in [1.165, 1.54) is 19.3 Å². The summed E-state index contributed by atoms with van der Waals surface area (Å²) in [4.78, 5) is 11.3. The van der Waals surface area contributed by atoms with Crippen LogP contribution in [0.5, 0.6) is 0 Å². The maximum atomic E-state index is 11.3. The van der Waals surface area contributed by atoms with E-state index in [9.17, 15) is 9.90 Å². The first-order chi connectivity index (χ1) is 8.21. The van der Waals surface area contributed by atoms with Crippen LogP contribution in [0.3, 0.4) is 0 Å². The van der Waals surface area contributed by atoms with E-state index < -0.39 is 11.6 Å². The van der Waals surface area contributed by atoms with Crippen LogP contribution in [0.1, 0.15) is 71.1 Å². The summed E-state index contributed by atoms with van der Waals surface area (Å²) in [5.41, 5.74) is -0.858. The molecule has 1 aliphatic rings. The Hall–Kier alpha value is -0.570. The third kappa shape index (κ3) is 4.66. The monoisotopic (exact) mass is 242 g/mol. The highest BCUT2D eigenvalue weighted by molar-refractivity contribution is 5.77. The SMILES string of the molecule is CCCCCCCOC1(C(=O)O)CCCCC1. The van der Waals surface area contributed by atoms with Crippen molar-refractivity contribution in [3.8, 4) is 0 Å². The van der Waals surface area contributed by atoms with Gasteiger partial charge in [0.15, 0.2) is 5.60 Å². The molecule has 0 heterocycles. The third-order valence-corrected chi connectivity index (χ3v) is 3.68. The average Bonchev–Trinajstić information content (AvgIpc) is 2.34. The number of unbranched alkanes of at least 4 members (excludes halogenated alkanes) is 4. The fourth-order valence-electron chi connectivity index (χ4n) is 2.52. The summed E-state index contributed by atoms with van der Waals surface area (Å²) in [6.07, 6.45) is 10.4. The van der Waals surface area contributed by atoms with Crippen molar-refractivity contribution in [2.24, 2.45) is 0 Å². The van der Waals surface area contributed by atoms with Crippen molar-refractivity contribution in [2.75, 3.05) is 6.61 Å². The van der Waals surface area contributed by atoms with Gasteiger partial charge in [-0.15, -0.1) is 0 Å². The smallest absolute Gasteiger partial charge is 0.335 e. The van der Waals surface area contributed by atoms with Crippen LogP contribution in [0.15, 0.2) is 0 Å². The van der Waals surface area contributed by atoms with Gasteiger partial charge in [0.1, 0.15) is 0 Å². The Kier molecular flexibility index (Phi) is 6.56. The second-order valence-electron chi connectivity index (χ2n) is 5.12. The third-order valence-electron chi connectivity index (χ3n) is 3.68. The lowest BCUT2D eigenvalue weighted by molar-refractivity contribution is -0.171. The number of hydrogen-bond acceptors (Lipinski definition) is 2. The molecule has 17 heavy (non-hydrogen) atoms. The molecule has 3 heteroatoms. The van der Waals surface area contributed by atoms with E-state index in [0.717, 1.165) is 32.1 Å². The van der Waals surface area contributed by atoms with E-state index in [-0.39, 0.29) is 0 Å². The minimum absolute atomic E-state index is 0.607. The van der Waals surface area contributed by atoms with Crippen LogP contribution in [0.25, 0.3) is 0 Å². The highest BCUT2D eigenvalue weighted by atomic mass is 16.5. The quantitative estimate of drug-likeness (QED) is 0.659. The highest BCUT2D eigenvalue weighted by Gasteiger charge is 2.40. The summed E-state index contributed by atoms with van der Waals surface area (Å²) in [6.45, 7) is 2.80. The van der Waals surface area contributed by atoms with Crippen LogP contribution in [0.2, 0.25) is 0 Å². The Morgan fingerprint density at radius 1 is 1.12 bits per heavy atom. The Balaban J connectivity index is 2.23. The maximum absolute atomic E-state index is 11.3. The molecular formula is C14H26O3. The van der Waals surface area contributed by atoms with Gasteiger partial charge in [-0.3, -0.25) is 0 Å². The van der Waals surface area contributed by atoms with Crippen LogP contribution in [0.4, 0.5) is 0 Å². The molecule has 0 aromatic heterocycles. The number of hydrogen-bond donors (Lipinski definition) is 1. The molecule has 0 atom stereocenters. The molecule has 0 amide bonds. The van der Waals surface area contributed by atoms with Gasteiger partial charge in [0, 0.05) is 6.61 Å². The molecule has 0 aliphatic heterocycles. The second kappa shape index (κ2) is 7.70. The Bertz CT molecular complexity index is 220. The van der Waals surface area contributed by atoms with E-state index in [4.69, 9.17) is 4.74 Å².